The first kappa shape index (κ1) is 18.2. The highest BCUT2D eigenvalue weighted by Crippen LogP contribution is 2.24. The summed E-state index contributed by atoms with van der Waals surface area (Å²) in [6.45, 7) is 0. The highest BCUT2D eigenvalue weighted by molar-refractivity contribution is 6.38. The lowest BCUT2D eigenvalue weighted by Crippen LogP contribution is -2.18. The summed E-state index contributed by atoms with van der Waals surface area (Å²) in [5.41, 5.74) is 4.86. The number of aromatic nitrogens is 2. The number of hydrogen-bond donors (Lipinski definition) is 2. The van der Waals surface area contributed by atoms with Crippen molar-refractivity contribution in [1.82, 2.24) is 15.6 Å². The minimum Gasteiger partial charge on any atom is -0.272 e. The van der Waals surface area contributed by atoms with Crippen LogP contribution >= 0.6 is 23.2 Å². The molecule has 2 N–H and O–H groups in total. The average Bonchev–Trinajstić information content (AvgIpc) is 3.20. The van der Waals surface area contributed by atoms with Gasteiger partial charge in [-0.2, -0.15) is 10.2 Å². The molecule has 0 aliphatic carbocycles. The first-order chi connectivity index (χ1) is 13.6. The van der Waals surface area contributed by atoms with Gasteiger partial charge in [-0.3, -0.25) is 9.89 Å². The Morgan fingerprint density at radius 3 is 2.50 bits per heavy atom. The average molecular weight is 409 g/mol. The summed E-state index contributed by atoms with van der Waals surface area (Å²) in [4.78, 5) is 12.3. The van der Waals surface area contributed by atoms with Crippen molar-refractivity contribution in [2.45, 2.75) is 0 Å². The van der Waals surface area contributed by atoms with Crippen LogP contribution in [0.15, 0.2) is 71.8 Å². The molecule has 0 saturated carbocycles. The molecule has 1 heterocycles. The number of hydrazone groups is 1. The van der Waals surface area contributed by atoms with Crippen LogP contribution in [-0.4, -0.2) is 22.3 Å². The number of H-pyrrole nitrogens is 1. The number of amides is 1. The Morgan fingerprint density at radius 2 is 1.71 bits per heavy atom. The van der Waals surface area contributed by atoms with Crippen molar-refractivity contribution in [2.75, 3.05) is 0 Å². The summed E-state index contributed by atoms with van der Waals surface area (Å²) in [5.74, 6) is -0.418. The van der Waals surface area contributed by atoms with E-state index in [4.69, 9.17) is 23.2 Å². The van der Waals surface area contributed by atoms with E-state index in [0.29, 0.717) is 27.0 Å². The van der Waals surface area contributed by atoms with E-state index in [-0.39, 0.29) is 0 Å². The second-order valence-electron chi connectivity index (χ2n) is 6.06. The predicted molar refractivity (Wildman–Crippen MR) is 113 cm³/mol. The largest absolute Gasteiger partial charge is 0.289 e. The molecule has 28 heavy (non-hydrogen) atoms. The molecule has 0 atom stereocenters. The molecule has 7 heteroatoms. The Balaban J connectivity index is 1.50. The van der Waals surface area contributed by atoms with Gasteiger partial charge >= 0.3 is 0 Å². The van der Waals surface area contributed by atoms with Gasteiger partial charge in [0.1, 0.15) is 5.69 Å². The standard InChI is InChI=1S/C21H14Cl2N4O/c22-17-6-3-7-18(23)16(17)12-24-27-21(28)20-11-19(25-26-20)15-9-8-13-4-1-2-5-14(13)10-15/h1-12H,(H,25,26)(H,27,28). The Morgan fingerprint density at radius 1 is 0.964 bits per heavy atom. The number of fused-ring (bicyclic) bond motifs is 1. The predicted octanol–water partition coefficient (Wildman–Crippen LogP) is 5.30. The van der Waals surface area contributed by atoms with Crippen LogP contribution in [0, 0.1) is 0 Å². The van der Waals surface area contributed by atoms with Gasteiger partial charge in [0.2, 0.25) is 0 Å². The van der Waals surface area contributed by atoms with Crippen molar-refractivity contribution in [3.05, 3.63) is 88.0 Å². The maximum Gasteiger partial charge on any atom is 0.289 e. The van der Waals surface area contributed by atoms with E-state index in [0.717, 1.165) is 16.3 Å². The summed E-state index contributed by atoms with van der Waals surface area (Å²) in [6.07, 6.45) is 1.41. The summed E-state index contributed by atoms with van der Waals surface area (Å²) in [7, 11) is 0. The van der Waals surface area contributed by atoms with Crippen molar-refractivity contribution >= 4 is 46.1 Å². The van der Waals surface area contributed by atoms with Crippen LogP contribution in [0.5, 0.6) is 0 Å². The van der Waals surface area contributed by atoms with Crippen molar-refractivity contribution in [3.8, 4) is 11.3 Å². The normalized spacial score (nSPS) is 11.2. The van der Waals surface area contributed by atoms with Crippen molar-refractivity contribution in [2.24, 2.45) is 5.10 Å². The van der Waals surface area contributed by atoms with Crippen molar-refractivity contribution in [3.63, 3.8) is 0 Å². The van der Waals surface area contributed by atoms with Gasteiger partial charge in [0.05, 0.1) is 22.0 Å². The lowest BCUT2D eigenvalue weighted by Gasteiger charge is -2.01. The number of carbonyl (C=O) groups is 1. The molecule has 0 radical (unpaired) electrons. The molecule has 0 unspecified atom stereocenters. The monoisotopic (exact) mass is 408 g/mol. The molecule has 4 aromatic rings. The Hall–Kier alpha value is -3.15. The molecule has 1 aromatic heterocycles. The van der Waals surface area contributed by atoms with Gasteiger partial charge in [-0.25, -0.2) is 5.43 Å². The lowest BCUT2D eigenvalue weighted by atomic mass is 10.1. The van der Waals surface area contributed by atoms with Gasteiger partial charge in [0.15, 0.2) is 0 Å². The van der Waals surface area contributed by atoms with Crippen LogP contribution in [0.25, 0.3) is 22.0 Å². The number of hydrogen-bond acceptors (Lipinski definition) is 3. The number of nitrogens with zero attached hydrogens (tertiary/aromatic N) is 2. The number of benzene rings is 3. The van der Waals surface area contributed by atoms with Gasteiger partial charge in [0, 0.05) is 11.1 Å². The Labute approximate surface area is 171 Å². The second-order valence-corrected chi connectivity index (χ2v) is 6.88. The molecule has 5 nitrogen and oxygen atoms in total. The number of aromatic amines is 1. The maximum absolute atomic E-state index is 12.3. The molecular formula is C21H14Cl2N4O. The van der Waals surface area contributed by atoms with Gasteiger partial charge in [0.25, 0.3) is 5.91 Å². The molecule has 0 fully saturated rings. The number of carbonyl (C=O) groups excluding carboxylic acids is 1. The van der Waals surface area contributed by atoms with E-state index in [9.17, 15) is 4.79 Å². The van der Waals surface area contributed by atoms with Crippen LogP contribution in [0.4, 0.5) is 0 Å². The highest BCUT2D eigenvalue weighted by atomic mass is 35.5. The minimum atomic E-state index is -0.418. The quantitative estimate of drug-likeness (QED) is 0.355. The number of rotatable bonds is 4. The van der Waals surface area contributed by atoms with E-state index in [2.05, 4.69) is 20.7 Å². The summed E-state index contributed by atoms with van der Waals surface area (Å²) in [6, 6.07) is 20.9. The van der Waals surface area contributed by atoms with Crippen molar-refractivity contribution < 1.29 is 4.79 Å². The third kappa shape index (κ3) is 3.76. The van der Waals surface area contributed by atoms with E-state index in [1.807, 2.05) is 42.5 Å². The molecule has 0 aliphatic heterocycles. The zero-order valence-corrected chi connectivity index (χ0v) is 16.0. The molecule has 0 saturated heterocycles. The van der Waals surface area contributed by atoms with Gasteiger partial charge in [-0.05, 0) is 35.0 Å². The SMILES string of the molecule is O=C(NN=Cc1c(Cl)cccc1Cl)c1cc(-c2ccc3ccccc3c2)n[nH]1. The Bertz CT molecular complexity index is 1180. The van der Waals surface area contributed by atoms with E-state index < -0.39 is 5.91 Å². The summed E-state index contributed by atoms with van der Waals surface area (Å²) in [5, 5.41) is 14.0. The van der Waals surface area contributed by atoms with Crippen LogP contribution in [0.2, 0.25) is 10.0 Å². The fourth-order valence-electron chi connectivity index (χ4n) is 2.78. The topological polar surface area (TPSA) is 70.1 Å². The van der Waals surface area contributed by atoms with E-state index in [1.54, 1.807) is 24.3 Å². The first-order valence-electron chi connectivity index (χ1n) is 8.44. The molecule has 0 aliphatic rings. The van der Waals surface area contributed by atoms with Gasteiger partial charge in [-0.1, -0.05) is 65.7 Å². The lowest BCUT2D eigenvalue weighted by molar-refractivity contribution is 0.0950. The van der Waals surface area contributed by atoms with Gasteiger partial charge < -0.3 is 0 Å². The van der Waals surface area contributed by atoms with Crippen LogP contribution in [0.3, 0.4) is 0 Å². The number of halogens is 2. The van der Waals surface area contributed by atoms with Crippen LogP contribution in [0.1, 0.15) is 16.1 Å². The highest BCUT2D eigenvalue weighted by Gasteiger charge is 2.11. The fraction of sp³-hybridized carbons (Fsp3) is 0. The van der Waals surface area contributed by atoms with Crippen LogP contribution < -0.4 is 5.43 Å². The fourth-order valence-corrected chi connectivity index (χ4v) is 3.28. The second kappa shape index (κ2) is 7.84. The summed E-state index contributed by atoms with van der Waals surface area (Å²) >= 11 is 12.1. The summed E-state index contributed by atoms with van der Waals surface area (Å²) < 4.78 is 0. The first-order valence-corrected chi connectivity index (χ1v) is 9.19. The third-order valence-electron chi connectivity index (χ3n) is 4.23. The zero-order valence-electron chi connectivity index (χ0n) is 14.5. The molecule has 3 aromatic carbocycles. The van der Waals surface area contributed by atoms with Gasteiger partial charge in [-0.15, -0.1) is 0 Å². The maximum atomic E-state index is 12.3. The molecular weight excluding hydrogens is 395 g/mol. The Kier molecular flexibility index (Phi) is 5.10. The molecule has 4 rings (SSSR count). The molecule has 0 bridgehead atoms. The molecule has 138 valence electrons. The molecule has 0 spiro atoms. The number of nitrogens with one attached hydrogen (secondary N) is 2. The third-order valence-corrected chi connectivity index (χ3v) is 4.89. The minimum absolute atomic E-state index is 0.297. The smallest absolute Gasteiger partial charge is 0.272 e. The molecule has 1 amide bonds. The van der Waals surface area contributed by atoms with Crippen molar-refractivity contribution in [1.29, 1.82) is 0 Å². The zero-order chi connectivity index (χ0) is 19.5. The van der Waals surface area contributed by atoms with E-state index in [1.165, 1.54) is 6.21 Å². The van der Waals surface area contributed by atoms with Crippen LogP contribution in [-0.2, 0) is 0 Å². The van der Waals surface area contributed by atoms with E-state index >= 15 is 0 Å².